The summed E-state index contributed by atoms with van der Waals surface area (Å²) in [7, 11) is 0. The molecule has 0 bridgehead atoms. The highest BCUT2D eigenvalue weighted by molar-refractivity contribution is 5.34. The minimum Gasteiger partial charge on any atom is -0.394 e. The van der Waals surface area contributed by atoms with Crippen molar-refractivity contribution in [2.75, 3.05) is 6.61 Å². The number of allylic oxidation sites excluding steroid dienone is 4. The molecule has 0 aromatic heterocycles. The van der Waals surface area contributed by atoms with Crippen LogP contribution < -0.4 is 0 Å². The van der Waals surface area contributed by atoms with Gasteiger partial charge in [-0.25, -0.2) is 0 Å². The normalized spacial score (nSPS) is 45.6. The van der Waals surface area contributed by atoms with Gasteiger partial charge in [-0.15, -0.1) is 0 Å². The SMILES string of the molecule is CC(C(O)CO)[C@H]1CC=C2[C@@H]3CC=C4CCCC[C@]4(C)[C@H]3CC[C@@]21C. The van der Waals surface area contributed by atoms with Crippen molar-refractivity contribution < 1.29 is 10.2 Å². The lowest BCUT2D eigenvalue weighted by molar-refractivity contribution is -0.0129. The smallest absolute Gasteiger partial charge is 0.0799 e. The molecule has 4 aliphatic rings. The van der Waals surface area contributed by atoms with E-state index in [2.05, 4.69) is 32.9 Å². The van der Waals surface area contributed by atoms with Crippen LogP contribution in [0.15, 0.2) is 23.3 Å². The summed E-state index contributed by atoms with van der Waals surface area (Å²) in [6.45, 7) is 7.04. The zero-order valence-electron chi connectivity index (χ0n) is 16.3. The topological polar surface area (TPSA) is 40.5 Å². The van der Waals surface area contributed by atoms with Gasteiger partial charge in [0.15, 0.2) is 0 Å². The molecule has 0 saturated heterocycles. The fourth-order valence-electron chi connectivity index (χ4n) is 7.30. The summed E-state index contributed by atoms with van der Waals surface area (Å²) in [5.74, 6) is 2.19. The predicted octanol–water partition coefficient (Wildman–Crippen LogP) is 4.86. The van der Waals surface area contributed by atoms with E-state index in [4.69, 9.17) is 0 Å². The van der Waals surface area contributed by atoms with Crippen molar-refractivity contribution >= 4 is 0 Å². The lowest BCUT2D eigenvalue weighted by atomic mass is 9.48. The van der Waals surface area contributed by atoms with Gasteiger partial charge in [-0.1, -0.05) is 50.5 Å². The standard InChI is InChI=1S/C23H36O2/c1-15(21(25)14-24)18-9-10-19-17-8-7-16-6-4-5-12-22(16,2)20(17)11-13-23(18,19)3/h7,10,15,17-18,20-21,24-25H,4-6,8-9,11-14H2,1-3H3/t15?,17-,18+,20-,21?,22-,23+/m0/s1. The molecule has 2 unspecified atom stereocenters. The summed E-state index contributed by atoms with van der Waals surface area (Å²) in [4.78, 5) is 0. The Kier molecular flexibility index (Phi) is 4.44. The van der Waals surface area contributed by atoms with Crippen LogP contribution in [0.5, 0.6) is 0 Å². The number of fused-ring (bicyclic) bond motifs is 5. The Bertz CT molecular complexity index is 591. The molecule has 140 valence electrons. The van der Waals surface area contributed by atoms with Gasteiger partial charge in [-0.3, -0.25) is 0 Å². The molecule has 0 heterocycles. The summed E-state index contributed by atoms with van der Waals surface area (Å²) in [6.07, 6.45) is 15.0. The van der Waals surface area contributed by atoms with Gasteiger partial charge in [0.2, 0.25) is 0 Å². The van der Waals surface area contributed by atoms with Crippen LogP contribution in [0.2, 0.25) is 0 Å². The minimum atomic E-state index is -0.582. The van der Waals surface area contributed by atoms with Gasteiger partial charge in [0.05, 0.1) is 12.7 Å². The lowest BCUT2D eigenvalue weighted by Gasteiger charge is -2.56. The monoisotopic (exact) mass is 344 g/mol. The van der Waals surface area contributed by atoms with Gasteiger partial charge in [-0.2, -0.15) is 0 Å². The molecule has 0 amide bonds. The third-order valence-electron chi connectivity index (χ3n) is 8.92. The first-order valence-corrected chi connectivity index (χ1v) is 10.6. The maximum absolute atomic E-state index is 10.2. The molecule has 2 heteroatoms. The molecule has 0 spiro atoms. The zero-order valence-corrected chi connectivity index (χ0v) is 16.3. The van der Waals surface area contributed by atoms with Crippen molar-refractivity contribution in [3.8, 4) is 0 Å². The first-order valence-electron chi connectivity index (χ1n) is 10.6. The van der Waals surface area contributed by atoms with E-state index in [9.17, 15) is 10.2 Å². The number of rotatable bonds is 3. The van der Waals surface area contributed by atoms with Crippen LogP contribution in [0.1, 0.15) is 72.1 Å². The molecule has 2 fully saturated rings. The van der Waals surface area contributed by atoms with Crippen molar-refractivity contribution in [3.63, 3.8) is 0 Å². The molecular formula is C23H36O2. The van der Waals surface area contributed by atoms with E-state index in [0.717, 1.165) is 12.3 Å². The van der Waals surface area contributed by atoms with E-state index in [-0.39, 0.29) is 17.9 Å². The third-order valence-corrected chi connectivity index (χ3v) is 8.92. The molecule has 4 aliphatic carbocycles. The minimum absolute atomic E-state index is 0.112. The van der Waals surface area contributed by atoms with E-state index in [0.29, 0.717) is 17.3 Å². The summed E-state index contributed by atoms with van der Waals surface area (Å²) < 4.78 is 0. The quantitative estimate of drug-likeness (QED) is 0.717. The molecule has 0 radical (unpaired) electrons. The Labute approximate surface area is 153 Å². The van der Waals surface area contributed by atoms with Gasteiger partial charge in [0.1, 0.15) is 0 Å². The molecule has 25 heavy (non-hydrogen) atoms. The van der Waals surface area contributed by atoms with Crippen LogP contribution in [-0.2, 0) is 0 Å². The second-order valence-electron chi connectivity index (χ2n) is 9.87. The molecular weight excluding hydrogens is 308 g/mol. The highest BCUT2D eigenvalue weighted by atomic mass is 16.3. The van der Waals surface area contributed by atoms with Crippen molar-refractivity contribution in [1.82, 2.24) is 0 Å². The van der Waals surface area contributed by atoms with E-state index >= 15 is 0 Å². The Morgan fingerprint density at radius 1 is 1.12 bits per heavy atom. The Morgan fingerprint density at radius 3 is 2.68 bits per heavy atom. The van der Waals surface area contributed by atoms with Crippen molar-refractivity contribution in [3.05, 3.63) is 23.3 Å². The molecule has 4 rings (SSSR count). The van der Waals surface area contributed by atoms with Gasteiger partial charge < -0.3 is 10.2 Å². The summed E-state index contributed by atoms with van der Waals surface area (Å²) in [5, 5.41) is 19.7. The molecule has 0 aliphatic heterocycles. The van der Waals surface area contributed by atoms with Crippen molar-refractivity contribution in [2.24, 2.45) is 34.5 Å². The van der Waals surface area contributed by atoms with E-state index < -0.39 is 6.10 Å². The average molecular weight is 345 g/mol. The summed E-state index contributed by atoms with van der Waals surface area (Å²) in [5.41, 5.74) is 4.14. The molecule has 2 N–H and O–H groups in total. The van der Waals surface area contributed by atoms with Crippen LogP contribution >= 0.6 is 0 Å². The van der Waals surface area contributed by atoms with Crippen LogP contribution in [0, 0.1) is 34.5 Å². The van der Waals surface area contributed by atoms with Gasteiger partial charge in [0, 0.05) is 0 Å². The third kappa shape index (κ3) is 2.51. The zero-order chi connectivity index (χ0) is 17.8. The Morgan fingerprint density at radius 2 is 1.92 bits per heavy atom. The lowest BCUT2D eigenvalue weighted by Crippen LogP contribution is -2.48. The number of hydrogen-bond donors (Lipinski definition) is 2. The van der Waals surface area contributed by atoms with E-state index in [1.165, 1.54) is 44.9 Å². The summed E-state index contributed by atoms with van der Waals surface area (Å²) in [6, 6.07) is 0. The Hall–Kier alpha value is -0.600. The van der Waals surface area contributed by atoms with Crippen LogP contribution in [0.4, 0.5) is 0 Å². The van der Waals surface area contributed by atoms with Crippen LogP contribution in [0.3, 0.4) is 0 Å². The van der Waals surface area contributed by atoms with Gasteiger partial charge in [-0.05, 0) is 79.4 Å². The van der Waals surface area contributed by atoms with Gasteiger partial charge in [0.25, 0.3) is 0 Å². The number of aliphatic hydroxyl groups excluding tert-OH is 2. The number of aliphatic hydroxyl groups is 2. The predicted molar refractivity (Wildman–Crippen MR) is 102 cm³/mol. The van der Waals surface area contributed by atoms with Gasteiger partial charge >= 0.3 is 0 Å². The molecule has 0 aromatic rings. The molecule has 0 aromatic carbocycles. The van der Waals surface area contributed by atoms with E-state index in [1.54, 1.807) is 11.1 Å². The first-order chi connectivity index (χ1) is 11.9. The van der Waals surface area contributed by atoms with E-state index in [1.807, 2.05) is 0 Å². The fraction of sp³-hybridized carbons (Fsp3) is 0.826. The molecule has 2 nitrogen and oxygen atoms in total. The fourth-order valence-corrected chi connectivity index (χ4v) is 7.30. The highest BCUT2D eigenvalue weighted by Gasteiger charge is 2.55. The number of hydrogen-bond acceptors (Lipinski definition) is 2. The van der Waals surface area contributed by atoms with Crippen molar-refractivity contribution in [2.45, 2.75) is 78.2 Å². The van der Waals surface area contributed by atoms with Crippen LogP contribution in [0.25, 0.3) is 0 Å². The molecule has 2 saturated carbocycles. The highest BCUT2D eigenvalue weighted by Crippen LogP contribution is 2.65. The maximum Gasteiger partial charge on any atom is 0.0799 e. The van der Waals surface area contributed by atoms with Crippen molar-refractivity contribution in [1.29, 1.82) is 0 Å². The average Bonchev–Trinajstić information content (AvgIpc) is 2.97. The maximum atomic E-state index is 10.2. The summed E-state index contributed by atoms with van der Waals surface area (Å²) >= 11 is 0. The van der Waals surface area contributed by atoms with Crippen LogP contribution in [-0.4, -0.2) is 22.9 Å². The molecule has 7 atom stereocenters. The first kappa shape index (κ1) is 17.8. The second kappa shape index (κ2) is 6.23. The largest absolute Gasteiger partial charge is 0.394 e. The Balaban J connectivity index is 1.63. The second-order valence-corrected chi connectivity index (χ2v) is 9.87.